The molecule has 0 aromatic rings. The first-order valence-electron chi connectivity index (χ1n) is 12.0. The lowest BCUT2D eigenvalue weighted by molar-refractivity contribution is 0.0357. The van der Waals surface area contributed by atoms with E-state index >= 15 is 0 Å². The van der Waals surface area contributed by atoms with Gasteiger partial charge in [0.25, 0.3) is 0 Å². The van der Waals surface area contributed by atoms with Crippen molar-refractivity contribution in [3.8, 4) is 0 Å². The Hall–Kier alpha value is 0.270. The summed E-state index contributed by atoms with van der Waals surface area (Å²) in [6.07, 6.45) is 27.2. The molecule has 0 amide bonds. The molecule has 3 heteroatoms. The van der Waals surface area contributed by atoms with Crippen molar-refractivity contribution in [2.24, 2.45) is 5.73 Å². The van der Waals surface area contributed by atoms with Gasteiger partial charge in [0.05, 0.1) is 6.10 Å². The molecule has 1 unspecified atom stereocenters. The van der Waals surface area contributed by atoms with Crippen LogP contribution in [0.5, 0.6) is 0 Å². The molecular formula is C24H53NOS. The normalized spacial score (nSPS) is 11.9. The summed E-state index contributed by atoms with van der Waals surface area (Å²) in [4.78, 5) is 0. The Morgan fingerprint density at radius 3 is 1.52 bits per heavy atom. The standard InChI is InChI=1S/C22H47NO.C2H6S/c1-3-5-7-9-11-14-18-22(19-15-13-16-20-23)24-21-17-12-10-8-6-4-2;1-3-2/h22H,3-21,23H2,1-2H3;1-2H3. The van der Waals surface area contributed by atoms with Gasteiger partial charge in [0.15, 0.2) is 0 Å². The Morgan fingerprint density at radius 1 is 0.630 bits per heavy atom. The van der Waals surface area contributed by atoms with Crippen LogP contribution in [0, 0.1) is 0 Å². The molecule has 0 saturated heterocycles. The summed E-state index contributed by atoms with van der Waals surface area (Å²) in [6.45, 7) is 6.37. The van der Waals surface area contributed by atoms with Gasteiger partial charge in [-0.1, -0.05) is 97.3 Å². The molecule has 2 nitrogen and oxygen atoms in total. The van der Waals surface area contributed by atoms with Crippen LogP contribution >= 0.6 is 11.8 Å². The minimum atomic E-state index is 0.504. The predicted octanol–water partition coefficient (Wildman–Crippen LogP) is 7.98. The van der Waals surface area contributed by atoms with Gasteiger partial charge < -0.3 is 10.5 Å². The van der Waals surface area contributed by atoms with Crippen LogP contribution in [0.15, 0.2) is 0 Å². The summed E-state index contributed by atoms with van der Waals surface area (Å²) in [5.74, 6) is 0. The highest BCUT2D eigenvalue weighted by Gasteiger charge is 2.08. The largest absolute Gasteiger partial charge is 0.378 e. The second-order valence-electron chi connectivity index (χ2n) is 7.86. The summed E-state index contributed by atoms with van der Waals surface area (Å²) in [6, 6.07) is 0. The number of thioether (sulfide) groups is 1. The van der Waals surface area contributed by atoms with Gasteiger partial charge >= 0.3 is 0 Å². The molecular weight excluding hydrogens is 350 g/mol. The number of ether oxygens (including phenoxy) is 1. The number of unbranched alkanes of at least 4 members (excludes halogenated alkanes) is 12. The number of nitrogens with two attached hydrogens (primary N) is 1. The fraction of sp³-hybridized carbons (Fsp3) is 1.00. The van der Waals surface area contributed by atoms with Crippen molar-refractivity contribution in [2.75, 3.05) is 25.7 Å². The number of hydrogen-bond donors (Lipinski definition) is 1. The monoisotopic (exact) mass is 403 g/mol. The zero-order valence-corrected chi connectivity index (χ0v) is 20.2. The SMILES string of the molecule is CCCCCCCCOC(CCCCCN)CCCCCCCC.CSC. The fourth-order valence-electron chi connectivity index (χ4n) is 3.29. The lowest BCUT2D eigenvalue weighted by Gasteiger charge is -2.18. The zero-order chi connectivity index (χ0) is 20.4. The Labute approximate surface area is 177 Å². The van der Waals surface area contributed by atoms with Crippen LogP contribution in [0.3, 0.4) is 0 Å². The van der Waals surface area contributed by atoms with Crippen LogP contribution in [0.1, 0.15) is 123 Å². The van der Waals surface area contributed by atoms with Gasteiger partial charge in [0.2, 0.25) is 0 Å². The number of rotatable bonds is 20. The van der Waals surface area contributed by atoms with E-state index in [1.165, 1.54) is 109 Å². The van der Waals surface area contributed by atoms with Gasteiger partial charge in [-0.25, -0.2) is 0 Å². The van der Waals surface area contributed by atoms with Crippen LogP contribution in [-0.4, -0.2) is 31.8 Å². The lowest BCUT2D eigenvalue weighted by atomic mass is 10.0. The third kappa shape index (κ3) is 28.6. The first-order chi connectivity index (χ1) is 13.3. The average molecular weight is 404 g/mol. The van der Waals surface area contributed by atoms with Gasteiger partial charge in [0, 0.05) is 6.61 Å². The molecule has 0 spiro atoms. The molecule has 0 rings (SSSR count). The summed E-state index contributed by atoms with van der Waals surface area (Å²) in [5.41, 5.74) is 5.60. The van der Waals surface area contributed by atoms with E-state index in [1.54, 1.807) is 11.8 Å². The minimum absolute atomic E-state index is 0.504. The predicted molar refractivity (Wildman–Crippen MR) is 128 cm³/mol. The molecule has 166 valence electrons. The smallest absolute Gasteiger partial charge is 0.0575 e. The molecule has 0 bridgehead atoms. The van der Waals surface area contributed by atoms with Crippen LogP contribution < -0.4 is 5.73 Å². The van der Waals surface area contributed by atoms with Crippen molar-refractivity contribution in [1.82, 2.24) is 0 Å². The van der Waals surface area contributed by atoms with E-state index in [9.17, 15) is 0 Å². The third-order valence-corrected chi connectivity index (χ3v) is 4.96. The maximum atomic E-state index is 6.23. The molecule has 0 aliphatic carbocycles. The average Bonchev–Trinajstić information content (AvgIpc) is 2.67. The molecule has 0 saturated carbocycles. The van der Waals surface area contributed by atoms with Gasteiger partial charge in [0.1, 0.15) is 0 Å². The van der Waals surface area contributed by atoms with Crippen molar-refractivity contribution >= 4 is 11.8 Å². The third-order valence-electron chi connectivity index (χ3n) is 4.96. The first-order valence-corrected chi connectivity index (χ1v) is 13.6. The molecule has 0 heterocycles. The molecule has 0 radical (unpaired) electrons. The second kappa shape index (κ2) is 28.5. The topological polar surface area (TPSA) is 35.2 Å². The molecule has 2 N–H and O–H groups in total. The molecule has 0 aromatic heterocycles. The van der Waals surface area contributed by atoms with Crippen molar-refractivity contribution in [1.29, 1.82) is 0 Å². The Kier molecular flexibility index (Phi) is 31.1. The molecule has 0 aromatic carbocycles. The molecule has 1 atom stereocenters. The highest BCUT2D eigenvalue weighted by Crippen LogP contribution is 2.16. The fourth-order valence-corrected chi connectivity index (χ4v) is 3.29. The quantitative estimate of drug-likeness (QED) is 0.209. The van der Waals surface area contributed by atoms with Crippen LogP contribution in [-0.2, 0) is 4.74 Å². The van der Waals surface area contributed by atoms with Crippen LogP contribution in [0.25, 0.3) is 0 Å². The van der Waals surface area contributed by atoms with Crippen LogP contribution in [0.2, 0.25) is 0 Å². The van der Waals surface area contributed by atoms with Gasteiger partial charge in [-0.05, 0) is 44.7 Å². The summed E-state index contributed by atoms with van der Waals surface area (Å²) < 4.78 is 6.23. The lowest BCUT2D eigenvalue weighted by Crippen LogP contribution is -2.14. The van der Waals surface area contributed by atoms with Gasteiger partial charge in [-0.2, -0.15) is 11.8 Å². The maximum Gasteiger partial charge on any atom is 0.0575 e. The number of hydrogen-bond acceptors (Lipinski definition) is 3. The Bertz CT molecular complexity index is 238. The highest BCUT2D eigenvalue weighted by molar-refractivity contribution is 7.97. The van der Waals surface area contributed by atoms with Crippen molar-refractivity contribution in [3.05, 3.63) is 0 Å². The van der Waals surface area contributed by atoms with E-state index in [0.29, 0.717) is 6.10 Å². The van der Waals surface area contributed by atoms with Crippen molar-refractivity contribution < 1.29 is 4.74 Å². The highest BCUT2D eigenvalue weighted by atomic mass is 32.2. The van der Waals surface area contributed by atoms with E-state index in [0.717, 1.165) is 13.2 Å². The molecule has 0 fully saturated rings. The van der Waals surface area contributed by atoms with Crippen molar-refractivity contribution in [2.45, 2.75) is 129 Å². The Morgan fingerprint density at radius 2 is 1.04 bits per heavy atom. The van der Waals surface area contributed by atoms with Crippen molar-refractivity contribution in [3.63, 3.8) is 0 Å². The van der Waals surface area contributed by atoms with E-state index in [1.807, 2.05) is 12.5 Å². The van der Waals surface area contributed by atoms with E-state index in [2.05, 4.69) is 13.8 Å². The minimum Gasteiger partial charge on any atom is -0.378 e. The zero-order valence-electron chi connectivity index (χ0n) is 19.4. The second-order valence-corrected chi connectivity index (χ2v) is 8.68. The molecule has 0 aliphatic rings. The van der Waals surface area contributed by atoms with Gasteiger partial charge in [-0.3, -0.25) is 0 Å². The Balaban J connectivity index is 0. The summed E-state index contributed by atoms with van der Waals surface area (Å²) in [5, 5.41) is 0. The molecule has 27 heavy (non-hydrogen) atoms. The first kappa shape index (κ1) is 29.5. The summed E-state index contributed by atoms with van der Waals surface area (Å²) in [7, 11) is 0. The summed E-state index contributed by atoms with van der Waals surface area (Å²) >= 11 is 1.75. The van der Waals surface area contributed by atoms with E-state index in [4.69, 9.17) is 10.5 Å². The van der Waals surface area contributed by atoms with Crippen LogP contribution in [0.4, 0.5) is 0 Å². The maximum absolute atomic E-state index is 6.23. The van der Waals surface area contributed by atoms with Gasteiger partial charge in [-0.15, -0.1) is 0 Å². The van der Waals surface area contributed by atoms with E-state index in [-0.39, 0.29) is 0 Å². The van der Waals surface area contributed by atoms with E-state index < -0.39 is 0 Å². The molecule has 0 aliphatic heterocycles.